The zero-order chi connectivity index (χ0) is 23.3. The van der Waals surface area contributed by atoms with Gasteiger partial charge in [0, 0.05) is 18.9 Å². The van der Waals surface area contributed by atoms with Gasteiger partial charge in [-0.3, -0.25) is 0 Å². The molecular formula is C25H35NO6. The van der Waals surface area contributed by atoms with Gasteiger partial charge >= 0.3 is 0 Å². The van der Waals surface area contributed by atoms with Crippen LogP contribution >= 0.6 is 0 Å². The first-order valence-corrected chi connectivity index (χ1v) is 11.0. The lowest BCUT2D eigenvalue weighted by Gasteiger charge is -2.26. The van der Waals surface area contributed by atoms with E-state index in [4.69, 9.17) is 34.2 Å². The third-order valence-electron chi connectivity index (χ3n) is 6.17. The summed E-state index contributed by atoms with van der Waals surface area (Å²) in [5.41, 5.74) is 9.12. The summed E-state index contributed by atoms with van der Waals surface area (Å²) < 4.78 is 34.0. The van der Waals surface area contributed by atoms with E-state index in [9.17, 15) is 0 Å². The molecule has 0 aliphatic heterocycles. The van der Waals surface area contributed by atoms with Crippen molar-refractivity contribution in [2.45, 2.75) is 44.1 Å². The Morgan fingerprint density at radius 2 is 1.25 bits per heavy atom. The number of methoxy groups -OCH3 is 5. The molecule has 176 valence electrons. The molecule has 0 bridgehead atoms. The minimum Gasteiger partial charge on any atom is -0.493 e. The summed E-state index contributed by atoms with van der Waals surface area (Å²) in [6, 6.07) is 8.03. The van der Waals surface area contributed by atoms with Crippen LogP contribution in [-0.2, 0) is 4.74 Å². The Labute approximate surface area is 190 Å². The van der Waals surface area contributed by atoms with Crippen LogP contribution < -0.4 is 29.4 Å². The fraction of sp³-hybridized carbons (Fsp3) is 0.520. The summed E-state index contributed by atoms with van der Waals surface area (Å²) in [5, 5.41) is 0. The summed E-state index contributed by atoms with van der Waals surface area (Å²) in [5.74, 6) is 3.46. The first-order chi connectivity index (χ1) is 15.5. The molecule has 0 aromatic heterocycles. The highest BCUT2D eigenvalue weighted by atomic mass is 16.5. The lowest BCUT2D eigenvalue weighted by atomic mass is 9.89. The van der Waals surface area contributed by atoms with Crippen LogP contribution in [0.5, 0.6) is 28.7 Å². The van der Waals surface area contributed by atoms with Crippen molar-refractivity contribution in [3.8, 4) is 28.7 Å². The molecule has 0 amide bonds. The van der Waals surface area contributed by atoms with E-state index in [0.29, 0.717) is 41.0 Å². The lowest BCUT2D eigenvalue weighted by Crippen LogP contribution is -2.21. The molecule has 1 aliphatic carbocycles. The Bertz CT molecular complexity index is 891. The van der Waals surface area contributed by atoms with E-state index in [1.54, 1.807) is 35.5 Å². The van der Waals surface area contributed by atoms with Gasteiger partial charge in [-0.15, -0.1) is 0 Å². The molecule has 0 spiro atoms. The zero-order valence-electron chi connectivity index (χ0n) is 19.9. The second-order valence-corrected chi connectivity index (χ2v) is 7.94. The lowest BCUT2D eigenvalue weighted by molar-refractivity contribution is 0.0805. The fourth-order valence-electron chi connectivity index (χ4n) is 4.69. The maximum Gasteiger partial charge on any atom is 0.203 e. The molecule has 2 N–H and O–H groups in total. The standard InChI is InChI=1S/C25H35NO6/c1-7-10-32-24-19(26)11-15(12-20(24)27-2)17-8-9-18(23(17)30-5)16-13-21(28-3)25(31-6)22(14-16)29-4/h11-14,17-18,23H,7-10,26H2,1-6H3. The van der Waals surface area contributed by atoms with Crippen molar-refractivity contribution < 1.29 is 28.4 Å². The van der Waals surface area contributed by atoms with E-state index in [2.05, 4.69) is 6.92 Å². The maximum absolute atomic E-state index is 6.35. The smallest absolute Gasteiger partial charge is 0.203 e. The van der Waals surface area contributed by atoms with Crippen LogP contribution in [0, 0.1) is 0 Å². The fourth-order valence-corrected chi connectivity index (χ4v) is 4.69. The quantitative estimate of drug-likeness (QED) is 0.528. The Hall–Kier alpha value is -2.80. The number of rotatable bonds is 10. The highest BCUT2D eigenvalue weighted by molar-refractivity contribution is 5.63. The molecule has 3 unspecified atom stereocenters. The largest absolute Gasteiger partial charge is 0.493 e. The van der Waals surface area contributed by atoms with Gasteiger partial charge in [0.2, 0.25) is 5.75 Å². The van der Waals surface area contributed by atoms with Gasteiger partial charge in [0.25, 0.3) is 0 Å². The molecular weight excluding hydrogens is 410 g/mol. The number of ether oxygens (including phenoxy) is 6. The normalized spacial score (nSPS) is 20.1. The number of anilines is 1. The third-order valence-corrected chi connectivity index (χ3v) is 6.17. The topological polar surface area (TPSA) is 81.4 Å². The molecule has 32 heavy (non-hydrogen) atoms. The van der Waals surface area contributed by atoms with Gasteiger partial charge in [0.1, 0.15) is 0 Å². The van der Waals surface area contributed by atoms with E-state index in [1.807, 2.05) is 24.3 Å². The van der Waals surface area contributed by atoms with E-state index < -0.39 is 0 Å². The minimum atomic E-state index is -0.0377. The van der Waals surface area contributed by atoms with Crippen molar-refractivity contribution in [1.82, 2.24) is 0 Å². The molecule has 3 rings (SSSR count). The number of hydrogen-bond donors (Lipinski definition) is 1. The SMILES string of the molecule is CCCOc1c(N)cc(C2CCC(c3cc(OC)c(OC)c(OC)c3)C2OC)cc1OC. The molecule has 3 atom stereocenters. The van der Waals surface area contributed by atoms with Crippen LogP contribution in [0.3, 0.4) is 0 Å². The molecule has 1 aliphatic rings. The van der Waals surface area contributed by atoms with Crippen molar-refractivity contribution in [3.05, 3.63) is 35.4 Å². The first kappa shape index (κ1) is 23.9. The molecule has 0 heterocycles. The average Bonchev–Trinajstić information content (AvgIpc) is 3.25. The second-order valence-electron chi connectivity index (χ2n) is 7.94. The summed E-state index contributed by atoms with van der Waals surface area (Å²) in [6.07, 6.45) is 2.77. The molecule has 0 radical (unpaired) electrons. The first-order valence-electron chi connectivity index (χ1n) is 11.0. The van der Waals surface area contributed by atoms with Crippen LogP contribution in [0.2, 0.25) is 0 Å². The zero-order valence-corrected chi connectivity index (χ0v) is 19.9. The molecule has 7 heteroatoms. The third kappa shape index (κ3) is 4.53. The van der Waals surface area contributed by atoms with Crippen molar-refractivity contribution in [2.24, 2.45) is 0 Å². The van der Waals surface area contributed by atoms with E-state index in [-0.39, 0.29) is 17.9 Å². The Morgan fingerprint density at radius 3 is 1.69 bits per heavy atom. The summed E-state index contributed by atoms with van der Waals surface area (Å²) in [7, 11) is 8.26. The Morgan fingerprint density at radius 1 is 0.750 bits per heavy atom. The van der Waals surface area contributed by atoms with Crippen LogP contribution in [-0.4, -0.2) is 48.3 Å². The van der Waals surface area contributed by atoms with Crippen molar-refractivity contribution >= 4 is 5.69 Å². The van der Waals surface area contributed by atoms with Gasteiger partial charge in [0.05, 0.1) is 46.8 Å². The van der Waals surface area contributed by atoms with Crippen LogP contribution in [0.1, 0.15) is 49.1 Å². The number of hydrogen-bond acceptors (Lipinski definition) is 7. The van der Waals surface area contributed by atoms with Crippen molar-refractivity contribution in [2.75, 3.05) is 47.9 Å². The molecule has 1 fully saturated rings. The minimum absolute atomic E-state index is 0.0377. The summed E-state index contributed by atoms with van der Waals surface area (Å²) >= 11 is 0. The predicted molar refractivity (Wildman–Crippen MR) is 125 cm³/mol. The Balaban J connectivity index is 1.96. The molecule has 0 saturated heterocycles. The van der Waals surface area contributed by atoms with E-state index >= 15 is 0 Å². The number of nitrogen functional groups attached to an aromatic ring is 1. The maximum atomic E-state index is 6.35. The van der Waals surface area contributed by atoms with E-state index in [1.165, 1.54) is 0 Å². The second kappa shape index (κ2) is 10.7. The molecule has 2 aromatic rings. The number of benzene rings is 2. The number of nitrogens with two attached hydrogens (primary N) is 1. The average molecular weight is 446 g/mol. The van der Waals surface area contributed by atoms with Crippen LogP contribution in [0.25, 0.3) is 0 Å². The summed E-state index contributed by atoms with van der Waals surface area (Å²) in [4.78, 5) is 0. The molecule has 7 nitrogen and oxygen atoms in total. The van der Waals surface area contributed by atoms with Gasteiger partial charge in [-0.2, -0.15) is 0 Å². The van der Waals surface area contributed by atoms with E-state index in [0.717, 1.165) is 30.4 Å². The van der Waals surface area contributed by atoms with Gasteiger partial charge in [-0.1, -0.05) is 6.92 Å². The van der Waals surface area contributed by atoms with Crippen molar-refractivity contribution in [3.63, 3.8) is 0 Å². The van der Waals surface area contributed by atoms with Gasteiger partial charge in [-0.05, 0) is 54.7 Å². The van der Waals surface area contributed by atoms with Crippen molar-refractivity contribution in [1.29, 1.82) is 0 Å². The highest BCUT2D eigenvalue weighted by Crippen LogP contribution is 2.50. The van der Waals surface area contributed by atoms with Gasteiger partial charge in [-0.25, -0.2) is 0 Å². The monoisotopic (exact) mass is 445 g/mol. The van der Waals surface area contributed by atoms with Crippen LogP contribution in [0.15, 0.2) is 24.3 Å². The highest BCUT2D eigenvalue weighted by Gasteiger charge is 2.39. The van der Waals surface area contributed by atoms with Gasteiger partial charge in [0.15, 0.2) is 23.0 Å². The summed E-state index contributed by atoms with van der Waals surface area (Å²) in [6.45, 7) is 2.65. The van der Waals surface area contributed by atoms with Crippen LogP contribution in [0.4, 0.5) is 5.69 Å². The molecule has 2 aromatic carbocycles. The predicted octanol–water partition coefficient (Wildman–Crippen LogP) is 4.77. The molecule has 1 saturated carbocycles. The Kier molecular flexibility index (Phi) is 7.96. The van der Waals surface area contributed by atoms with Gasteiger partial charge < -0.3 is 34.2 Å².